The van der Waals surface area contributed by atoms with Crippen molar-refractivity contribution in [3.05, 3.63) is 82.9 Å². The van der Waals surface area contributed by atoms with Gasteiger partial charge in [-0.25, -0.2) is 4.79 Å². The zero-order valence-corrected chi connectivity index (χ0v) is 22.3. The molecular weight excluding hydrogens is 469 g/mol. The van der Waals surface area contributed by atoms with E-state index < -0.39 is 24.4 Å². The van der Waals surface area contributed by atoms with Crippen molar-refractivity contribution < 1.29 is 18.8 Å². The van der Waals surface area contributed by atoms with Crippen molar-refractivity contribution in [1.82, 2.24) is 5.32 Å². The summed E-state index contributed by atoms with van der Waals surface area (Å²) in [6, 6.07) is 20.6. The lowest BCUT2D eigenvalue weighted by molar-refractivity contribution is 0.00578. The molecule has 1 heterocycles. The summed E-state index contributed by atoms with van der Waals surface area (Å²) < 4.78 is 18.1. The zero-order valence-electron chi connectivity index (χ0n) is 21.4. The second kappa shape index (κ2) is 9.29. The molecule has 0 aromatic heterocycles. The molecule has 0 saturated carbocycles. The van der Waals surface area contributed by atoms with Gasteiger partial charge in [-0.05, 0) is 79.5 Å². The normalized spacial score (nSPS) is 17.6. The van der Waals surface area contributed by atoms with Gasteiger partial charge in [0.05, 0.1) is 11.2 Å². The monoisotopic (exact) mass is 501 g/mol. The van der Waals surface area contributed by atoms with Crippen LogP contribution in [0, 0.1) is 6.92 Å². The fourth-order valence-corrected chi connectivity index (χ4v) is 5.19. The minimum Gasteiger partial charge on any atom is -0.449 e. The number of alkyl carbamates (subject to hydrolysis) is 1. The Morgan fingerprint density at radius 1 is 0.972 bits per heavy atom. The van der Waals surface area contributed by atoms with Gasteiger partial charge < -0.3 is 19.4 Å². The van der Waals surface area contributed by atoms with E-state index in [0.29, 0.717) is 6.54 Å². The molecule has 0 unspecified atom stereocenters. The summed E-state index contributed by atoms with van der Waals surface area (Å²) in [5.74, 6) is 0.0284. The van der Waals surface area contributed by atoms with Gasteiger partial charge in [-0.15, -0.1) is 12.6 Å². The van der Waals surface area contributed by atoms with Crippen molar-refractivity contribution in [3.8, 4) is 11.1 Å². The Morgan fingerprint density at radius 2 is 1.53 bits per heavy atom. The average Bonchev–Trinajstić information content (AvgIpc) is 3.28. The highest BCUT2D eigenvalue weighted by atomic mass is 32.1. The third-order valence-corrected chi connectivity index (χ3v) is 8.27. The summed E-state index contributed by atoms with van der Waals surface area (Å²) in [6.07, 6.45) is -0.446. The molecule has 36 heavy (non-hydrogen) atoms. The molecular formula is C29H32BNO4S. The minimum absolute atomic E-state index is 0.0284. The highest BCUT2D eigenvalue weighted by Crippen LogP contribution is 2.44. The van der Waals surface area contributed by atoms with Gasteiger partial charge in [-0.2, -0.15) is 0 Å². The number of carbonyl (C=O) groups is 1. The highest BCUT2D eigenvalue weighted by Gasteiger charge is 2.51. The standard InChI is InChI=1S/C29H32BNO4S/c1-18-19(14-20(15-26(18)36)30-34-28(2,3)29(4,5)35-30)16-31-27(32)33-17-25-23-12-8-6-10-21(23)22-11-7-9-13-24(22)25/h6-15,25,36H,16-17H2,1-5H3,(H,31,32). The first-order valence-corrected chi connectivity index (χ1v) is 12.8. The Bertz CT molecular complexity index is 1260. The molecule has 0 bridgehead atoms. The van der Waals surface area contributed by atoms with Crippen LogP contribution in [0.15, 0.2) is 65.6 Å². The number of nitrogens with one attached hydrogen (secondary N) is 1. The number of hydrogen-bond donors (Lipinski definition) is 2. The van der Waals surface area contributed by atoms with E-state index in [4.69, 9.17) is 14.0 Å². The molecule has 5 nitrogen and oxygen atoms in total. The fourth-order valence-electron chi connectivity index (χ4n) is 4.90. The lowest BCUT2D eigenvalue weighted by Crippen LogP contribution is -2.41. The molecule has 186 valence electrons. The molecule has 0 atom stereocenters. The van der Waals surface area contributed by atoms with E-state index in [1.165, 1.54) is 22.3 Å². The molecule has 1 amide bonds. The average molecular weight is 501 g/mol. The van der Waals surface area contributed by atoms with E-state index in [9.17, 15) is 4.79 Å². The Hall–Kier alpha value is -2.74. The number of benzene rings is 3. The van der Waals surface area contributed by atoms with Crippen LogP contribution in [-0.2, 0) is 20.6 Å². The summed E-state index contributed by atoms with van der Waals surface area (Å²) in [5.41, 5.74) is 6.76. The second-order valence-electron chi connectivity index (χ2n) is 10.6. The molecule has 5 rings (SSSR count). The lowest BCUT2D eigenvalue weighted by atomic mass is 9.77. The summed E-state index contributed by atoms with van der Waals surface area (Å²) in [6.45, 7) is 10.7. The number of amides is 1. The molecule has 3 aromatic rings. The Morgan fingerprint density at radius 3 is 2.11 bits per heavy atom. The van der Waals surface area contributed by atoms with Crippen molar-refractivity contribution in [3.63, 3.8) is 0 Å². The zero-order chi connectivity index (χ0) is 25.7. The lowest BCUT2D eigenvalue weighted by Gasteiger charge is -2.32. The van der Waals surface area contributed by atoms with Gasteiger partial charge in [0.15, 0.2) is 0 Å². The summed E-state index contributed by atoms with van der Waals surface area (Å²) >= 11 is 4.66. The molecule has 7 heteroatoms. The molecule has 1 N–H and O–H groups in total. The molecule has 0 spiro atoms. The maximum atomic E-state index is 12.7. The maximum absolute atomic E-state index is 12.7. The highest BCUT2D eigenvalue weighted by molar-refractivity contribution is 7.80. The van der Waals surface area contributed by atoms with Crippen molar-refractivity contribution in [2.45, 2.75) is 63.2 Å². The number of rotatable bonds is 5. The number of hydrogen-bond acceptors (Lipinski definition) is 5. The first-order valence-electron chi connectivity index (χ1n) is 12.3. The number of fused-ring (bicyclic) bond motifs is 3. The van der Waals surface area contributed by atoms with Gasteiger partial charge in [0.2, 0.25) is 0 Å². The van der Waals surface area contributed by atoms with E-state index in [-0.39, 0.29) is 12.5 Å². The van der Waals surface area contributed by atoms with Crippen LogP contribution in [0.3, 0.4) is 0 Å². The molecule has 1 aliphatic heterocycles. The van der Waals surface area contributed by atoms with Crippen molar-refractivity contribution in [2.24, 2.45) is 0 Å². The van der Waals surface area contributed by atoms with E-state index >= 15 is 0 Å². The van der Waals surface area contributed by atoms with E-state index in [1.54, 1.807) is 0 Å². The third kappa shape index (κ3) is 4.45. The number of ether oxygens (including phenoxy) is 1. The van der Waals surface area contributed by atoms with Crippen LogP contribution >= 0.6 is 12.6 Å². The first-order chi connectivity index (χ1) is 17.1. The van der Waals surface area contributed by atoms with Gasteiger partial charge >= 0.3 is 13.2 Å². The molecule has 2 aliphatic rings. The van der Waals surface area contributed by atoms with Crippen molar-refractivity contribution in [1.29, 1.82) is 0 Å². The van der Waals surface area contributed by atoms with Gasteiger partial charge in [0, 0.05) is 17.4 Å². The SMILES string of the molecule is Cc1c(S)cc(B2OC(C)(C)C(C)(C)O2)cc1CNC(=O)OCC1c2ccccc2-c2ccccc21. The Labute approximate surface area is 219 Å². The summed E-state index contributed by atoms with van der Waals surface area (Å²) in [5, 5.41) is 2.91. The van der Waals surface area contributed by atoms with Gasteiger partial charge in [-0.3, -0.25) is 0 Å². The van der Waals surface area contributed by atoms with E-state index in [2.05, 4.69) is 42.2 Å². The van der Waals surface area contributed by atoms with Crippen LogP contribution in [0.25, 0.3) is 11.1 Å². The van der Waals surface area contributed by atoms with Crippen molar-refractivity contribution >= 4 is 31.3 Å². The topological polar surface area (TPSA) is 56.8 Å². The molecule has 1 fully saturated rings. The largest absolute Gasteiger partial charge is 0.494 e. The fraction of sp³-hybridized carbons (Fsp3) is 0.345. The van der Waals surface area contributed by atoms with Crippen molar-refractivity contribution in [2.75, 3.05) is 6.61 Å². The van der Waals surface area contributed by atoms with Gasteiger partial charge in [0.1, 0.15) is 6.61 Å². The van der Waals surface area contributed by atoms with Crippen LogP contribution in [0.4, 0.5) is 4.79 Å². The van der Waals surface area contributed by atoms with Crippen LogP contribution in [0.2, 0.25) is 0 Å². The quantitative estimate of drug-likeness (QED) is 0.352. The predicted octanol–water partition coefficient (Wildman–Crippen LogP) is 5.62. The molecule has 3 aromatic carbocycles. The Balaban J connectivity index is 1.26. The minimum atomic E-state index is -0.491. The van der Waals surface area contributed by atoms with Crippen LogP contribution in [0.5, 0.6) is 0 Å². The van der Waals surface area contributed by atoms with Gasteiger partial charge in [0.25, 0.3) is 0 Å². The molecule has 0 radical (unpaired) electrons. The number of thiol groups is 1. The van der Waals surface area contributed by atoms with E-state index in [1.807, 2.05) is 71.0 Å². The van der Waals surface area contributed by atoms with E-state index in [0.717, 1.165) is 21.5 Å². The third-order valence-electron chi connectivity index (χ3n) is 7.80. The predicted molar refractivity (Wildman–Crippen MR) is 146 cm³/mol. The summed E-state index contributed by atoms with van der Waals surface area (Å²) in [4.78, 5) is 13.5. The smallest absolute Gasteiger partial charge is 0.449 e. The van der Waals surface area contributed by atoms with Gasteiger partial charge in [-0.1, -0.05) is 54.6 Å². The maximum Gasteiger partial charge on any atom is 0.494 e. The number of carbonyl (C=O) groups excluding carboxylic acids is 1. The molecule has 1 aliphatic carbocycles. The Kier molecular flexibility index (Phi) is 6.44. The molecule has 1 saturated heterocycles. The first kappa shape index (κ1) is 24.9. The summed E-state index contributed by atoms with van der Waals surface area (Å²) in [7, 11) is -0.491. The van der Waals surface area contributed by atoms with Crippen LogP contribution in [-0.4, -0.2) is 31.0 Å². The van der Waals surface area contributed by atoms with Crippen LogP contribution < -0.4 is 10.8 Å². The van der Waals surface area contributed by atoms with Crippen LogP contribution in [0.1, 0.15) is 55.9 Å². The second-order valence-corrected chi connectivity index (χ2v) is 11.1.